The Morgan fingerprint density at radius 2 is 1.78 bits per heavy atom. The molecule has 23 heavy (non-hydrogen) atoms. The molecule has 0 aliphatic rings. The van der Waals surface area contributed by atoms with Crippen molar-refractivity contribution in [2.45, 2.75) is 39.4 Å². The van der Waals surface area contributed by atoms with Crippen LogP contribution in [0, 0.1) is 6.92 Å². The van der Waals surface area contributed by atoms with Crippen LogP contribution >= 0.6 is 0 Å². The number of rotatable bonds is 5. The Labute approximate surface area is 133 Å². The summed E-state index contributed by atoms with van der Waals surface area (Å²) in [5.74, 6) is 1.38. The number of hydrogen-bond acceptors (Lipinski definition) is 4. The van der Waals surface area contributed by atoms with E-state index in [4.69, 9.17) is 0 Å². The summed E-state index contributed by atoms with van der Waals surface area (Å²) in [6, 6.07) is 7.13. The highest BCUT2D eigenvalue weighted by atomic mass is 19.4. The largest absolute Gasteiger partial charge is 0.418 e. The van der Waals surface area contributed by atoms with E-state index in [1.807, 2.05) is 13.8 Å². The van der Waals surface area contributed by atoms with Crippen LogP contribution in [-0.2, 0) is 6.18 Å². The minimum atomic E-state index is -4.43. The van der Waals surface area contributed by atoms with E-state index in [-0.39, 0.29) is 11.7 Å². The quantitative estimate of drug-likeness (QED) is 0.833. The van der Waals surface area contributed by atoms with E-state index >= 15 is 0 Å². The molecule has 0 bridgehead atoms. The third kappa shape index (κ3) is 4.58. The van der Waals surface area contributed by atoms with Gasteiger partial charge in [-0.1, -0.05) is 19.1 Å². The van der Waals surface area contributed by atoms with Gasteiger partial charge in [0.2, 0.25) is 0 Å². The summed E-state index contributed by atoms with van der Waals surface area (Å²) in [4.78, 5) is 8.41. The van der Waals surface area contributed by atoms with Crippen molar-refractivity contribution in [1.82, 2.24) is 9.97 Å². The summed E-state index contributed by atoms with van der Waals surface area (Å²) >= 11 is 0. The highest BCUT2D eigenvalue weighted by molar-refractivity contribution is 5.63. The van der Waals surface area contributed by atoms with Gasteiger partial charge in [-0.05, 0) is 32.4 Å². The monoisotopic (exact) mass is 324 g/mol. The van der Waals surface area contributed by atoms with Crippen molar-refractivity contribution in [2.75, 3.05) is 10.6 Å². The number of aryl methyl sites for hydroxylation is 1. The summed E-state index contributed by atoms with van der Waals surface area (Å²) in [7, 11) is 0. The molecular formula is C16H19F3N4. The van der Waals surface area contributed by atoms with Gasteiger partial charge in [-0.2, -0.15) is 13.2 Å². The van der Waals surface area contributed by atoms with Crippen LogP contribution in [0.5, 0.6) is 0 Å². The Hall–Kier alpha value is -2.31. The normalized spacial score (nSPS) is 12.8. The molecule has 2 N–H and O–H groups in total. The number of aromatic nitrogens is 2. The lowest BCUT2D eigenvalue weighted by Crippen LogP contribution is -2.15. The molecule has 2 aromatic rings. The molecule has 0 radical (unpaired) electrons. The molecule has 1 atom stereocenters. The lowest BCUT2D eigenvalue weighted by molar-refractivity contribution is -0.136. The summed E-state index contributed by atoms with van der Waals surface area (Å²) in [6.07, 6.45) is -3.52. The molecule has 124 valence electrons. The van der Waals surface area contributed by atoms with Crippen LogP contribution in [0.25, 0.3) is 0 Å². The van der Waals surface area contributed by atoms with Crippen molar-refractivity contribution < 1.29 is 13.2 Å². The Bertz CT molecular complexity index is 671. The zero-order valence-corrected chi connectivity index (χ0v) is 13.2. The first-order valence-corrected chi connectivity index (χ1v) is 7.35. The zero-order valence-electron chi connectivity index (χ0n) is 13.2. The van der Waals surface area contributed by atoms with Crippen LogP contribution in [0.2, 0.25) is 0 Å². The van der Waals surface area contributed by atoms with Crippen LogP contribution < -0.4 is 10.6 Å². The average Bonchev–Trinajstić information content (AvgIpc) is 2.46. The van der Waals surface area contributed by atoms with Gasteiger partial charge in [-0.3, -0.25) is 0 Å². The molecule has 1 heterocycles. The number of halogens is 3. The summed E-state index contributed by atoms with van der Waals surface area (Å²) in [5.41, 5.74) is -0.764. The van der Waals surface area contributed by atoms with Gasteiger partial charge in [0.15, 0.2) is 0 Å². The van der Waals surface area contributed by atoms with Crippen molar-refractivity contribution in [3.05, 3.63) is 41.7 Å². The van der Waals surface area contributed by atoms with Crippen molar-refractivity contribution in [3.8, 4) is 0 Å². The first-order chi connectivity index (χ1) is 10.8. The fraction of sp³-hybridized carbons (Fsp3) is 0.375. The van der Waals surface area contributed by atoms with Crippen LogP contribution in [0.1, 0.15) is 31.7 Å². The first kappa shape index (κ1) is 17.1. The molecule has 1 aromatic heterocycles. The van der Waals surface area contributed by atoms with E-state index < -0.39 is 11.7 Å². The van der Waals surface area contributed by atoms with Crippen LogP contribution in [0.15, 0.2) is 30.3 Å². The van der Waals surface area contributed by atoms with Gasteiger partial charge in [-0.25, -0.2) is 9.97 Å². The highest BCUT2D eigenvalue weighted by Gasteiger charge is 2.33. The third-order valence-electron chi connectivity index (χ3n) is 3.34. The molecule has 4 nitrogen and oxygen atoms in total. The van der Waals surface area contributed by atoms with Crippen LogP contribution in [-0.4, -0.2) is 16.0 Å². The predicted octanol–water partition coefficient (Wildman–Crippen LogP) is 4.76. The second-order valence-corrected chi connectivity index (χ2v) is 5.31. The smallest absolute Gasteiger partial charge is 0.367 e. The predicted molar refractivity (Wildman–Crippen MR) is 84.9 cm³/mol. The number of benzene rings is 1. The Morgan fingerprint density at radius 3 is 2.43 bits per heavy atom. The number of nitrogens with zero attached hydrogens (tertiary/aromatic N) is 2. The Balaban J connectivity index is 2.31. The Morgan fingerprint density at radius 1 is 1.13 bits per heavy atom. The van der Waals surface area contributed by atoms with Gasteiger partial charge in [0, 0.05) is 12.1 Å². The zero-order chi connectivity index (χ0) is 17.0. The number of hydrogen-bond donors (Lipinski definition) is 2. The maximum Gasteiger partial charge on any atom is 0.418 e. The summed E-state index contributed by atoms with van der Waals surface area (Å²) < 4.78 is 39.1. The maximum atomic E-state index is 13.0. The first-order valence-electron chi connectivity index (χ1n) is 7.35. The molecule has 0 amide bonds. The van der Waals surface area contributed by atoms with Crippen molar-refractivity contribution in [1.29, 1.82) is 0 Å². The number of nitrogens with one attached hydrogen (secondary N) is 2. The second-order valence-electron chi connectivity index (χ2n) is 5.31. The van der Waals surface area contributed by atoms with Crippen molar-refractivity contribution >= 4 is 17.3 Å². The topological polar surface area (TPSA) is 49.8 Å². The molecule has 0 spiro atoms. The standard InChI is InChI=1S/C16H19F3N4/c1-4-10(2)20-14-9-15(22-11(3)21-14)23-13-8-6-5-7-12(13)16(17,18)19/h5-10H,4H2,1-3H3,(H2,20,21,22,23). The fourth-order valence-corrected chi connectivity index (χ4v) is 2.04. The van der Waals surface area contributed by atoms with E-state index in [2.05, 4.69) is 20.6 Å². The van der Waals surface area contributed by atoms with Gasteiger partial charge < -0.3 is 10.6 Å². The molecule has 7 heteroatoms. The SMILES string of the molecule is CCC(C)Nc1cc(Nc2ccccc2C(F)(F)F)nc(C)n1. The number of para-hydroxylation sites is 1. The fourth-order valence-electron chi connectivity index (χ4n) is 2.04. The van der Waals surface area contributed by atoms with Gasteiger partial charge in [0.05, 0.1) is 11.3 Å². The highest BCUT2D eigenvalue weighted by Crippen LogP contribution is 2.35. The summed E-state index contributed by atoms with van der Waals surface area (Å²) in [6.45, 7) is 5.73. The van der Waals surface area contributed by atoms with E-state index in [0.29, 0.717) is 17.5 Å². The molecule has 0 aliphatic heterocycles. The van der Waals surface area contributed by atoms with Gasteiger partial charge in [0.1, 0.15) is 17.5 Å². The molecule has 0 saturated heterocycles. The number of alkyl halides is 3. The van der Waals surface area contributed by atoms with Gasteiger partial charge in [-0.15, -0.1) is 0 Å². The maximum absolute atomic E-state index is 13.0. The van der Waals surface area contributed by atoms with E-state index in [0.717, 1.165) is 12.5 Å². The minimum Gasteiger partial charge on any atom is -0.367 e. The van der Waals surface area contributed by atoms with E-state index in [1.54, 1.807) is 19.1 Å². The molecule has 0 aliphatic carbocycles. The molecule has 1 unspecified atom stereocenters. The molecular weight excluding hydrogens is 305 g/mol. The third-order valence-corrected chi connectivity index (χ3v) is 3.34. The van der Waals surface area contributed by atoms with Gasteiger partial charge >= 0.3 is 6.18 Å². The second kappa shape index (κ2) is 6.85. The Kier molecular flexibility index (Phi) is 5.08. The van der Waals surface area contributed by atoms with Crippen molar-refractivity contribution in [2.24, 2.45) is 0 Å². The number of anilines is 3. The minimum absolute atomic E-state index is 0.0346. The van der Waals surface area contributed by atoms with E-state index in [9.17, 15) is 13.2 Å². The van der Waals surface area contributed by atoms with E-state index in [1.165, 1.54) is 12.1 Å². The van der Waals surface area contributed by atoms with Gasteiger partial charge in [0.25, 0.3) is 0 Å². The summed E-state index contributed by atoms with van der Waals surface area (Å²) in [5, 5.41) is 5.93. The van der Waals surface area contributed by atoms with Crippen LogP contribution in [0.3, 0.4) is 0 Å². The van der Waals surface area contributed by atoms with Crippen molar-refractivity contribution in [3.63, 3.8) is 0 Å². The van der Waals surface area contributed by atoms with Crippen LogP contribution in [0.4, 0.5) is 30.5 Å². The molecule has 0 fully saturated rings. The average molecular weight is 324 g/mol. The molecule has 1 aromatic carbocycles. The molecule has 0 saturated carbocycles. The lowest BCUT2D eigenvalue weighted by atomic mass is 10.1. The lowest BCUT2D eigenvalue weighted by Gasteiger charge is -2.16. The molecule has 2 rings (SSSR count).